The van der Waals surface area contributed by atoms with Crippen molar-refractivity contribution in [2.45, 2.75) is 189 Å². The van der Waals surface area contributed by atoms with Gasteiger partial charge in [0.2, 0.25) is 0 Å². The molecule has 0 bridgehead atoms. The second-order valence-corrected chi connectivity index (χ2v) is 27.4. The average Bonchev–Trinajstić information content (AvgIpc) is 1.51. The summed E-state index contributed by atoms with van der Waals surface area (Å²) in [6, 6.07) is 86.0. The number of esters is 1. The molecular weight excluding hydrogens is 1340 g/mol. The van der Waals surface area contributed by atoms with Crippen LogP contribution in [0.5, 0.6) is 0 Å². The smallest absolute Gasteiger partial charge is 0.338 e. The number of azide groups is 1. The number of rotatable bonds is 33. The molecule has 0 amide bonds. The third-order valence-electron chi connectivity index (χ3n) is 20.0. The first kappa shape index (κ1) is 74.1. The molecule has 550 valence electrons. The van der Waals surface area contributed by atoms with Gasteiger partial charge < -0.3 is 71.1 Å². The Kier molecular flexibility index (Phi) is 26.3. The monoisotopic (exact) mass is 1430 g/mol. The molecule has 19 nitrogen and oxygen atoms in total. The molecule has 5 aliphatic rings. The van der Waals surface area contributed by atoms with Gasteiger partial charge in [-0.2, -0.15) is 0 Å². The van der Waals surface area contributed by atoms with Gasteiger partial charge in [0.1, 0.15) is 79.3 Å². The highest BCUT2D eigenvalue weighted by atomic mass is 16.8. The Labute approximate surface area is 619 Å². The van der Waals surface area contributed by atoms with Crippen molar-refractivity contribution in [3.63, 3.8) is 0 Å². The summed E-state index contributed by atoms with van der Waals surface area (Å²) in [6.45, 7) is 0.915. The van der Waals surface area contributed by atoms with Gasteiger partial charge in [-0.3, -0.25) is 0 Å². The zero-order valence-electron chi connectivity index (χ0n) is 59.2. The predicted molar refractivity (Wildman–Crippen MR) is 394 cm³/mol. The average molecular weight is 1430 g/mol. The van der Waals surface area contributed by atoms with Gasteiger partial charge >= 0.3 is 5.97 Å². The van der Waals surface area contributed by atoms with Crippen LogP contribution in [0.2, 0.25) is 0 Å². The zero-order chi connectivity index (χ0) is 72.0. The molecule has 3 aliphatic heterocycles. The fourth-order valence-corrected chi connectivity index (χ4v) is 14.7. The number of ether oxygens (including phenoxy) is 15. The summed E-state index contributed by atoms with van der Waals surface area (Å²) in [5, 5.41) is 4.65. The van der Waals surface area contributed by atoms with E-state index in [-0.39, 0.29) is 71.6 Å². The van der Waals surface area contributed by atoms with E-state index >= 15 is 4.79 Å². The molecule has 9 aromatic rings. The molecule has 16 atom stereocenters. The molecule has 3 saturated heterocycles. The molecule has 2 saturated carbocycles. The Morgan fingerprint density at radius 3 is 1.09 bits per heavy atom. The van der Waals surface area contributed by atoms with Crippen LogP contribution in [-0.2, 0) is 124 Å². The number of fused-ring (bicyclic) bond motifs is 1. The Hall–Kier alpha value is -8.80. The van der Waals surface area contributed by atoms with Crippen molar-refractivity contribution >= 4 is 5.97 Å². The molecule has 0 aromatic heterocycles. The minimum absolute atomic E-state index is 0.00845. The normalized spacial score (nSPS) is 26.8. The van der Waals surface area contributed by atoms with Gasteiger partial charge in [-0.25, -0.2) is 4.79 Å². The second kappa shape index (κ2) is 37.6. The van der Waals surface area contributed by atoms with Gasteiger partial charge in [-0.1, -0.05) is 272 Å². The number of hydrogen-bond donors (Lipinski definition) is 0. The Morgan fingerprint density at radius 1 is 0.358 bits per heavy atom. The molecule has 5 fully saturated rings. The molecule has 0 radical (unpaired) electrons. The fraction of sp³-hybridized carbons (Fsp3) is 0.368. The number of carbonyl (C=O) groups excluding carboxylic acids is 1. The first-order valence-corrected chi connectivity index (χ1v) is 36.8. The lowest BCUT2D eigenvalue weighted by atomic mass is 9.83. The van der Waals surface area contributed by atoms with E-state index in [0.717, 1.165) is 63.8 Å². The largest absolute Gasteiger partial charge is 0.450 e. The van der Waals surface area contributed by atoms with Crippen molar-refractivity contribution in [2.24, 2.45) is 5.11 Å². The van der Waals surface area contributed by atoms with Crippen molar-refractivity contribution in [2.75, 3.05) is 13.2 Å². The minimum atomic E-state index is -1.52. The van der Waals surface area contributed by atoms with Crippen molar-refractivity contribution in [3.05, 3.63) is 334 Å². The summed E-state index contributed by atoms with van der Waals surface area (Å²) in [6.07, 6.45) is -12.5. The van der Waals surface area contributed by atoms with Gasteiger partial charge in [0, 0.05) is 17.8 Å². The lowest BCUT2D eigenvalue weighted by molar-refractivity contribution is -0.366. The number of carbonyl (C=O) groups is 1. The quantitative estimate of drug-likeness (QED) is 0.0162. The van der Waals surface area contributed by atoms with Crippen molar-refractivity contribution in [1.29, 1.82) is 0 Å². The second-order valence-electron chi connectivity index (χ2n) is 27.4. The maximum absolute atomic E-state index is 15.0. The lowest BCUT2D eigenvalue weighted by Gasteiger charge is -2.51. The van der Waals surface area contributed by atoms with E-state index in [9.17, 15) is 5.53 Å². The van der Waals surface area contributed by atoms with Gasteiger partial charge in [-0.05, 0) is 75.0 Å². The standard InChI is InChI=1S/C87H91N3O16/c88-90-89-72-75(95-54-64-37-17-4-18-38-64)74(103-86-83(102-84(91)69-47-27-9-28-48-69)76(96-55-65-39-19-5-20-40-65)73(94-53-63-35-15-3-16-36-63)70(101-86)59-92-51-61-31-11-1-12-32-61)71(60-93-52-62-33-13-2-14-34-62)100-85(72)104-80-78(98-57-67-43-23-7-24-44-67)77(97-56-66-41-21-6-22-42-66)79(99-58-68-45-25-8-26-46-68)81-82(80)106-87(105-81)49-29-10-30-50-87/h1-9,11-28,31-48,70-83,85-86H,10,29-30,49-60H2/t70-,71-,72-,73-,74-,75-,76+,77+,78+,79-,80-,81-,82+,83+,85-,86-/m1/s1. The molecule has 14 rings (SSSR count). The van der Waals surface area contributed by atoms with Gasteiger partial charge in [0.05, 0.1) is 71.6 Å². The summed E-state index contributed by atoms with van der Waals surface area (Å²) < 4.78 is 109. The van der Waals surface area contributed by atoms with Crippen molar-refractivity contribution in [3.8, 4) is 0 Å². The highest BCUT2D eigenvalue weighted by Gasteiger charge is 2.64. The van der Waals surface area contributed by atoms with Crippen LogP contribution in [0.3, 0.4) is 0 Å². The summed E-state index contributed by atoms with van der Waals surface area (Å²) in [4.78, 5) is 18.6. The van der Waals surface area contributed by atoms with Crippen LogP contribution in [0.4, 0.5) is 0 Å². The van der Waals surface area contributed by atoms with Gasteiger partial charge in [0.25, 0.3) is 0 Å². The molecule has 106 heavy (non-hydrogen) atoms. The maximum atomic E-state index is 15.0. The van der Waals surface area contributed by atoms with Crippen LogP contribution in [0.1, 0.15) is 87.0 Å². The first-order valence-electron chi connectivity index (χ1n) is 36.8. The summed E-state index contributed by atoms with van der Waals surface area (Å²) in [5.74, 6) is -1.69. The van der Waals surface area contributed by atoms with Crippen LogP contribution in [0.25, 0.3) is 10.4 Å². The number of benzene rings is 9. The maximum Gasteiger partial charge on any atom is 0.338 e. The van der Waals surface area contributed by atoms with Crippen molar-refractivity contribution in [1.82, 2.24) is 0 Å². The highest BCUT2D eigenvalue weighted by molar-refractivity contribution is 5.89. The van der Waals surface area contributed by atoms with Crippen LogP contribution in [-0.4, -0.2) is 123 Å². The van der Waals surface area contributed by atoms with Crippen molar-refractivity contribution < 1.29 is 75.8 Å². The highest BCUT2D eigenvalue weighted by Crippen LogP contribution is 2.49. The lowest BCUT2D eigenvalue weighted by Crippen LogP contribution is -2.68. The predicted octanol–water partition coefficient (Wildman–Crippen LogP) is 15.5. The van der Waals surface area contributed by atoms with Crippen LogP contribution < -0.4 is 0 Å². The van der Waals surface area contributed by atoms with Crippen LogP contribution >= 0.6 is 0 Å². The Bertz CT molecular complexity index is 4100. The summed E-state index contributed by atoms with van der Waals surface area (Å²) in [5.41, 5.74) is 18.6. The van der Waals surface area contributed by atoms with E-state index in [1.54, 1.807) is 24.3 Å². The van der Waals surface area contributed by atoms with Crippen LogP contribution in [0, 0.1) is 0 Å². The molecular formula is C87H91N3O16. The molecule has 19 heteroatoms. The van der Waals surface area contributed by atoms with E-state index in [4.69, 9.17) is 71.1 Å². The molecule has 2 aliphatic carbocycles. The Balaban J connectivity index is 0.887. The summed E-state index contributed by atoms with van der Waals surface area (Å²) >= 11 is 0. The molecule has 0 N–H and O–H groups in total. The van der Waals surface area contributed by atoms with E-state index in [0.29, 0.717) is 12.8 Å². The number of hydrogen-bond acceptors (Lipinski definition) is 17. The first-order chi connectivity index (χ1) is 52.4. The van der Waals surface area contributed by atoms with E-state index in [1.165, 1.54) is 0 Å². The topological polar surface area (TPSA) is 204 Å². The van der Waals surface area contributed by atoms with Gasteiger partial charge in [-0.15, -0.1) is 0 Å². The third-order valence-corrected chi connectivity index (χ3v) is 20.0. The van der Waals surface area contributed by atoms with E-state index in [1.807, 2.05) is 249 Å². The minimum Gasteiger partial charge on any atom is -0.450 e. The Morgan fingerprint density at radius 2 is 0.679 bits per heavy atom. The zero-order valence-corrected chi connectivity index (χ0v) is 59.2. The van der Waals surface area contributed by atoms with Gasteiger partial charge in [0.15, 0.2) is 24.5 Å². The molecule has 1 spiro atoms. The molecule has 9 aromatic carbocycles. The fourth-order valence-electron chi connectivity index (χ4n) is 14.7. The van der Waals surface area contributed by atoms with Crippen LogP contribution in [0.15, 0.2) is 278 Å². The van der Waals surface area contributed by atoms with E-state index < -0.39 is 110 Å². The molecule has 0 unspecified atom stereocenters. The van der Waals surface area contributed by atoms with E-state index in [2.05, 4.69) is 10.0 Å². The third kappa shape index (κ3) is 19.5. The number of nitrogens with zero attached hydrogens (tertiary/aromatic N) is 3. The molecule has 3 heterocycles. The summed E-state index contributed by atoms with van der Waals surface area (Å²) in [7, 11) is 0. The SMILES string of the molecule is [N-]=[N+]=N[C@H]1[C@@H](O[C@@H]2[C@@H](OCc3ccccc3)[C@H](OCc3ccccc3)[C@@H](OCc3ccccc3)[C@H]3OC4(CCCCC4)O[C@@H]23)O[C@H](COCc2ccccc2)[C@@H](O[C@H]2O[C@H](COCc3ccccc3)[C@@H](OCc3ccccc3)[C@H](OCc3ccccc3)[C@@H]2OC(=O)c2ccccc2)[C@@H]1OCc1ccccc1.